The van der Waals surface area contributed by atoms with E-state index in [0.29, 0.717) is 5.02 Å². The van der Waals surface area contributed by atoms with Gasteiger partial charge in [-0.25, -0.2) is 0 Å². The van der Waals surface area contributed by atoms with Crippen LogP contribution in [0, 0.1) is 18.3 Å². The first-order valence-electron chi connectivity index (χ1n) is 8.27. The lowest BCUT2D eigenvalue weighted by Crippen LogP contribution is -2.16. The summed E-state index contributed by atoms with van der Waals surface area (Å²) >= 11 is 7.80. The minimum atomic E-state index is -0.351. The van der Waals surface area contributed by atoms with Crippen molar-refractivity contribution in [2.24, 2.45) is 0 Å². The molecule has 0 saturated heterocycles. The van der Waals surface area contributed by atoms with E-state index >= 15 is 0 Å². The molecule has 1 aliphatic rings. The summed E-state index contributed by atoms with van der Waals surface area (Å²) in [5.41, 5.74) is 5.37. The van der Waals surface area contributed by atoms with Crippen LogP contribution in [0.2, 0.25) is 5.02 Å². The third kappa shape index (κ3) is 2.84. The fourth-order valence-electron chi connectivity index (χ4n) is 3.39. The Bertz CT molecular complexity index is 1110. The molecule has 3 aromatic rings. The van der Waals surface area contributed by atoms with Gasteiger partial charge in [0, 0.05) is 26.8 Å². The minimum absolute atomic E-state index is 0.159. The summed E-state index contributed by atoms with van der Waals surface area (Å²) in [5, 5.41) is 10.2. The molecule has 26 heavy (non-hydrogen) atoms. The van der Waals surface area contributed by atoms with Gasteiger partial charge in [-0.1, -0.05) is 35.4 Å². The van der Waals surface area contributed by atoms with Crippen molar-refractivity contribution < 1.29 is 0 Å². The largest absolute Gasteiger partial charge is 0.320 e. The van der Waals surface area contributed by atoms with Crippen molar-refractivity contribution >= 4 is 23.4 Å². The molecule has 0 radical (unpaired) electrons. The van der Waals surface area contributed by atoms with E-state index in [4.69, 9.17) is 11.6 Å². The lowest BCUT2D eigenvalue weighted by molar-refractivity contribution is 1.10. The van der Waals surface area contributed by atoms with Crippen molar-refractivity contribution in [3.05, 3.63) is 74.5 Å². The van der Waals surface area contributed by atoms with Gasteiger partial charge in [-0.3, -0.25) is 4.79 Å². The summed E-state index contributed by atoms with van der Waals surface area (Å²) in [6.07, 6.45) is 0.775. The number of hydrogen-bond donors (Lipinski definition) is 1. The highest BCUT2D eigenvalue weighted by Gasteiger charge is 2.23. The molecule has 0 aliphatic carbocycles. The van der Waals surface area contributed by atoms with Crippen LogP contribution in [-0.4, -0.2) is 10.7 Å². The van der Waals surface area contributed by atoms with Gasteiger partial charge in [0.2, 0.25) is 0 Å². The molecule has 5 heteroatoms. The predicted octanol–water partition coefficient (Wildman–Crippen LogP) is 5.19. The van der Waals surface area contributed by atoms with Gasteiger partial charge < -0.3 is 4.98 Å². The number of benzene rings is 2. The second-order valence-electron chi connectivity index (χ2n) is 6.27. The topological polar surface area (TPSA) is 56.6 Å². The van der Waals surface area contributed by atoms with Gasteiger partial charge >= 0.3 is 0 Å². The van der Waals surface area contributed by atoms with Crippen molar-refractivity contribution in [2.45, 2.75) is 18.2 Å². The van der Waals surface area contributed by atoms with Gasteiger partial charge in [0.05, 0.1) is 5.69 Å². The van der Waals surface area contributed by atoms with E-state index in [9.17, 15) is 10.1 Å². The van der Waals surface area contributed by atoms with Gasteiger partial charge in [-0.15, -0.1) is 11.8 Å². The van der Waals surface area contributed by atoms with E-state index in [0.717, 1.165) is 50.6 Å². The Labute approximate surface area is 160 Å². The number of rotatable bonds is 1. The molecular weight excluding hydrogens is 364 g/mol. The molecule has 0 amide bonds. The molecule has 1 N–H and O–H groups in total. The average molecular weight is 379 g/mol. The van der Waals surface area contributed by atoms with E-state index in [1.165, 1.54) is 0 Å². The molecule has 0 fully saturated rings. The van der Waals surface area contributed by atoms with Gasteiger partial charge in [0.1, 0.15) is 11.6 Å². The summed E-state index contributed by atoms with van der Waals surface area (Å²) in [5.74, 6) is 0.889. The molecule has 2 aromatic carbocycles. The molecule has 0 saturated carbocycles. The van der Waals surface area contributed by atoms with Crippen LogP contribution in [-0.2, 0) is 6.42 Å². The second-order valence-corrected chi connectivity index (χ2v) is 7.85. The number of thioether (sulfide) groups is 1. The van der Waals surface area contributed by atoms with Crippen molar-refractivity contribution in [3.8, 4) is 28.5 Å². The molecule has 0 spiro atoms. The molecule has 128 valence electrons. The zero-order chi connectivity index (χ0) is 18.3. The highest BCUT2D eigenvalue weighted by atomic mass is 35.5. The molecule has 0 bridgehead atoms. The summed E-state index contributed by atoms with van der Waals surface area (Å²) in [4.78, 5) is 16.8. The fourth-order valence-corrected chi connectivity index (χ4v) is 4.52. The van der Waals surface area contributed by atoms with E-state index in [2.05, 4.69) is 29.3 Å². The Kier molecular flexibility index (Phi) is 4.36. The monoisotopic (exact) mass is 378 g/mol. The predicted molar refractivity (Wildman–Crippen MR) is 107 cm³/mol. The standard InChI is InChI=1S/C21H15ClN2OS/c1-12-2-7-18-16(10-12)20-15(8-9-26-18)19(17(11-23)21(25)24-20)13-3-5-14(22)6-4-13/h2-7,10H,8-9H2,1H3,(H,24,25). The molecule has 4 rings (SSSR count). The first-order valence-corrected chi connectivity index (χ1v) is 9.64. The lowest BCUT2D eigenvalue weighted by atomic mass is 9.91. The van der Waals surface area contributed by atoms with Gasteiger partial charge in [0.15, 0.2) is 0 Å². The molecule has 0 unspecified atom stereocenters. The maximum absolute atomic E-state index is 12.7. The zero-order valence-electron chi connectivity index (χ0n) is 14.1. The van der Waals surface area contributed by atoms with Crippen LogP contribution >= 0.6 is 23.4 Å². The van der Waals surface area contributed by atoms with Crippen molar-refractivity contribution in [3.63, 3.8) is 0 Å². The van der Waals surface area contributed by atoms with Crippen LogP contribution in [0.25, 0.3) is 22.4 Å². The molecule has 2 heterocycles. The van der Waals surface area contributed by atoms with E-state index in [1.54, 1.807) is 23.9 Å². The molecule has 3 nitrogen and oxygen atoms in total. The van der Waals surface area contributed by atoms with Crippen LogP contribution in [0.3, 0.4) is 0 Å². The average Bonchev–Trinajstić information content (AvgIpc) is 2.80. The normalized spacial score (nSPS) is 12.7. The smallest absolute Gasteiger partial charge is 0.266 e. The Morgan fingerprint density at radius 3 is 2.69 bits per heavy atom. The van der Waals surface area contributed by atoms with E-state index in [1.807, 2.05) is 19.1 Å². The summed E-state index contributed by atoms with van der Waals surface area (Å²) in [7, 11) is 0. The van der Waals surface area contributed by atoms with Crippen molar-refractivity contribution in [1.82, 2.24) is 4.98 Å². The number of aryl methyl sites for hydroxylation is 1. The van der Waals surface area contributed by atoms with Gasteiger partial charge in [0.25, 0.3) is 5.56 Å². The number of H-pyrrole nitrogens is 1. The Balaban J connectivity index is 2.09. The molecule has 1 aromatic heterocycles. The maximum atomic E-state index is 12.7. The van der Waals surface area contributed by atoms with Gasteiger partial charge in [-0.05, 0) is 48.7 Å². The Morgan fingerprint density at radius 2 is 1.96 bits per heavy atom. The second kappa shape index (κ2) is 6.68. The number of aromatic nitrogens is 1. The quantitative estimate of drug-likeness (QED) is 0.633. The maximum Gasteiger partial charge on any atom is 0.266 e. The summed E-state index contributed by atoms with van der Waals surface area (Å²) in [6.45, 7) is 2.04. The molecule has 1 aliphatic heterocycles. The highest BCUT2D eigenvalue weighted by Crippen LogP contribution is 2.40. The number of fused-ring (bicyclic) bond motifs is 3. The van der Waals surface area contributed by atoms with Crippen LogP contribution < -0.4 is 5.56 Å². The van der Waals surface area contributed by atoms with Crippen molar-refractivity contribution in [1.29, 1.82) is 5.26 Å². The van der Waals surface area contributed by atoms with Crippen LogP contribution in [0.1, 0.15) is 16.7 Å². The Morgan fingerprint density at radius 1 is 1.19 bits per heavy atom. The number of pyridine rings is 1. The minimum Gasteiger partial charge on any atom is -0.320 e. The highest BCUT2D eigenvalue weighted by molar-refractivity contribution is 7.99. The number of aromatic amines is 1. The fraction of sp³-hybridized carbons (Fsp3) is 0.143. The van der Waals surface area contributed by atoms with Crippen LogP contribution in [0.15, 0.2) is 52.2 Å². The first-order chi connectivity index (χ1) is 12.6. The van der Waals surface area contributed by atoms with Crippen LogP contribution in [0.5, 0.6) is 0 Å². The number of hydrogen-bond acceptors (Lipinski definition) is 3. The molecular formula is C21H15ClN2OS. The van der Waals surface area contributed by atoms with E-state index in [-0.39, 0.29) is 11.1 Å². The zero-order valence-corrected chi connectivity index (χ0v) is 15.7. The van der Waals surface area contributed by atoms with E-state index < -0.39 is 0 Å². The third-order valence-corrected chi connectivity index (χ3v) is 5.91. The van der Waals surface area contributed by atoms with Crippen molar-refractivity contribution in [2.75, 3.05) is 5.75 Å². The first kappa shape index (κ1) is 17.0. The molecule has 0 atom stereocenters. The lowest BCUT2D eigenvalue weighted by Gasteiger charge is -2.15. The SMILES string of the molecule is Cc1ccc2c(c1)-c1[nH]c(=O)c(C#N)c(-c3ccc(Cl)cc3)c1CCS2. The van der Waals surface area contributed by atoms with Gasteiger partial charge in [-0.2, -0.15) is 5.26 Å². The third-order valence-electron chi connectivity index (χ3n) is 4.58. The summed E-state index contributed by atoms with van der Waals surface area (Å²) in [6, 6.07) is 15.7. The number of nitrogens with zero attached hydrogens (tertiary/aromatic N) is 1. The Hall–Kier alpha value is -2.48. The van der Waals surface area contributed by atoms with Crippen LogP contribution in [0.4, 0.5) is 0 Å². The summed E-state index contributed by atoms with van der Waals surface area (Å²) < 4.78 is 0. The number of nitriles is 1. The number of halogens is 1. The number of nitrogens with one attached hydrogen (secondary N) is 1.